The first kappa shape index (κ1) is 17.0. The molecular weight excluding hydrogens is 258 g/mol. The summed E-state index contributed by atoms with van der Waals surface area (Å²) < 4.78 is 0. The van der Waals surface area contributed by atoms with Gasteiger partial charge in [-0.2, -0.15) is 0 Å². The maximum atomic E-state index is 3.81. The average Bonchev–Trinajstić information content (AvgIpc) is 2.97. The van der Waals surface area contributed by atoms with Gasteiger partial charge in [0.15, 0.2) is 0 Å². The predicted molar refractivity (Wildman–Crippen MR) is 91.7 cm³/mol. The van der Waals surface area contributed by atoms with Crippen LogP contribution in [0.3, 0.4) is 0 Å². The van der Waals surface area contributed by atoms with E-state index in [0.29, 0.717) is 0 Å². The predicted octanol–water partition coefficient (Wildman–Crippen LogP) is 2.74. The van der Waals surface area contributed by atoms with Crippen molar-refractivity contribution in [2.24, 2.45) is 5.92 Å². The van der Waals surface area contributed by atoms with Gasteiger partial charge in [-0.3, -0.25) is 4.90 Å². The summed E-state index contributed by atoms with van der Waals surface area (Å²) in [4.78, 5) is 5.22. The van der Waals surface area contributed by atoms with Gasteiger partial charge in [0.2, 0.25) is 0 Å². The number of hydrogen-bond acceptors (Lipinski definition) is 3. The fraction of sp³-hybridized carbons (Fsp3) is 0.889. The van der Waals surface area contributed by atoms with E-state index in [-0.39, 0.29) is 0 Å². The minimum absolute atomic E-state index is 0.744. The van der Waals surface area contributed by atoms with Crippen molar-refractivity contribution in [3.05, 3.63) is 11.6 Å². The summed E-state index contributed by atoms with van der Waals surface area (Å²) in [6, 6.07) is 0.744. The lowest BCUT2D eigenvalue weighted by molar-refractivity contribution is 0.206. The van der Waals surface area contributed by atoms with Crippen LogP contribution in [0.5, 0.6) is 0 Å². The lowest BCUT2D eigenvalue weighted by atomic mass is 10.0. The summed E-state index contributed by atoms with van der Waals surface area (Å²) in [5, 5.41) is 3.81. The Balaban J connectivity index is 1.56. The molecule has 1 N–H and O–H groups in total. The van der Waals surface area contributed by atoms with Gasteiger partial charge in [-0.15, -0.1) is 0 Å². The quantitative estimate of drug-likeness (QED) is 0.728. The maximum absolute atomic E-state index is 3.81. The van der Waals surface area contributed by atoms with Gasteiger partial charge in [-0.1, -0.05) is 18.6 Å². The van der Waals surface area contributed by atoms with E-state index in [9.17, 15) is 0 Å². The van der Waals surface area contributed by atoms with Crippen LogP contribution >= 0.6 is 0 Å². The highest BCUT2D eigenvalue weighted by atomic mass is 15.1. The normalized spacial score (nSPS) is 23.4. The number of nitrogens with one attached hydrogen (secondary N) is 1. The molecule has 2 aliphatic rings. The molecule has 0 aromatic rings. The summed E-state index contributed by atoms with van der Waals surface area (Å²) in [5.74, 6) is 0.784. The largest absolute Gasteiger partial charge is 0.314 e. The van der Waals surface area contributed by atoms with Crippen molar-refractivity contribution in [1.29, 1.82) is 0 Å². The molecule has 0 spiro atoms. The number of hydrogen-bond donors (Lipinski definition) is 1. The number of rotatable bonds is 7. The number of nitrogens with zero attached hydrogens (tertiary/aromatic N) is 2. The first-order valence-electron chi connectivity index (χ1n) is 8.95. The highest BCUT2D eigenvalue weighted by Gasteiger charge is 2.19. The molecule has 0 aromatic carbocycles. The van der Waals surface area contributed by atoms with Crippen LogP contribution in [0.15, 0.2) is 11.6 Å². The zero-order valence-corrected chi connectivity index (χ0v) is 14.4. The Kier molecular flexibility index (Phi) is 7.21. The van der Waals surface area contributed by atoms with Crippen LogP contribution in [-0.2, 0) is 0 Å². The second-order valence-electron chi connectivity index (χ2n) is 7.38. The summed E-state index contributed by atoms with van der Waals surface area (Å²) >= 11 is 0. The van der Waals surface area contributed by atoms with Gasteiger partial charge in [-0.05, 0) is 78.2 Å². The lowest BCUT2D eigenvalue weighted by Gasteiger charge is -2.32. The van der Waals surface area contributed by atoms with Crippen molar-refractivity contribution in [2.75, 3.05) is 45.8 Å². The number of allylic oxidation sites excluding steroid dienone is 1. The molecule has 0 saturated carbocycles. The first-order chi connectivity index (χ1) is 10.1. The minimum Gasteiger partial charge on any atom is -0.314 e. The third kappa shape index (κ3) is 6.50. The van der Waals surface area contributed by atoms with Crippen molar-refractivity contribution in [3.63, 3.8) is 0 Å². The SMILES string of the molecule is CC(C)=CCN1CCC(NCC(C)CN2CCCC2)CC1. The van der Waals surface area contributed by atoms with E-state index in [1.54, 1.807) is 0 Å². The van der Waals surface area contributed by atoms with Gasteiger partial charge in [0.1, 0.15) is 0 Å². The second-order valence-corrected chi connectivity index (χ2v) is 7.38. The van der Waals surface area contributed by atoms with Crippen molar-refractivity contribution in [3.8, 4) is 0 Å². The molecule has 1 unspecified atom stereocenters. The summed E-state index contributed by atoms with van der Waals surface area (Å²) in [6.45, 7) is 15.5. The third-order valence-electron chi connectivity index (χ3n) is 4.87. The fourth-order valence-electron chi connectivity index (χ4n) is 3.47. The molecule has 1 atom stereocenters. The van der Waals surface area contributed by atoms with Gasteiger partial charge in [0.25, 0.3) is 0 Å². The summed E-state index contributed by atoms with van der Waals surface area (Å²) in [5.41, 5.74) is 1.44. The third-order valence-corrected chi connectivity index (χ3v) is 4.87. The monoisotopic (exact) mass is 293 g/mol. The zero-order valence-electron chi connectivity index (χ0n) is 14.4. The topological polar surface area (TPSA) is 18.5 Å². The Labute approximate surface area is 131 Å². The van der Waals surface area contributed by atoms with Crippen molar-refractivity contribution >= 4 is 0 Å². The Bertz CT molecular complexity index is 308. The first-order valence-corrected chi connectivity index (χ1v) is 8.95. The van der Waals surface area contributed by atoms with Gasteiger partial charge in [0.05, 0.1) is 0 Å². The Hall–Kier alpha value is -0.380. The van der Waals surface area contributed by atoms with Crippen LogP contribution in [0, 0.1) is 5.92 Å². The van der Waals surface area contributed by atoms with Crippen LogP contribution in [0.4, 0.5) is 0 Å². The van der Waals surface area contributed by atoms with Crippen LogP contribution < -0.4 is 5.32 Å². The smallest absolute Gasteiger partial charge is 0.0165 e. The molecule has 0 aromatic heterocycles. The van der Waals surface area contributed by atoms with Gasteiger partial charge in [-0.25, -0.2) is 0 Å². The van der Waals surface area contributed by atoms with Gasteiger partial charge in [0, 0.05) is 19.1 Å². The highest BCUT2D eigenvalue weighted by Crippen LogP contribution is 2.13. The van der Waals surface area contributed by atoms with Crippen LogP contribution in [-0.4, -0.2) is 61.7 Å². The number of likely N-dealkylation sites (tertiary alicyclic amines) is 2. The molecule has 122 valence electrons. The second kappa shape index (κ2) is 8.92. The van der Waals surface area contributed by atoms with Crippen LogP contribution in [0.1, 0.15) is 46.5 Å². The van der Waals surface area contributed by atoms with Crippen LogP contribution in [0.25, 0.3) is 0 Å². The molecule has 0 radical (unpaired) electrons. The fourth-order valence-corrected chi connectivity index (χ4v) is 3.47. The van der Waals surface area contributed by atoms with Crippen LogP contribution in [0.2, 0.25) is 0 Å². The van der Waals surface area contributed by atoms with Crippen molar-refractivity contribution < 1.29 is 0 Å². The molecule has 3 nitrogen and oxygen atoms in total. The van der Waals surface area contributed by atoms with Crippen molar-refractivity contribution in [1.82, 2.24) is 15.1 Å². The number of piperidine rings is 1. The Morgan fingerprint density at radius 1 is 1.10 bits per heavy atom. The van der Waals surface area contributed by atoms with E-state index >= 15 is 0 Å². The van der Waals surface area contributed by atoms with Crippen molar-refractivity contribution in [2.45, 2.75) is 52.5 Å². The molecule has 0 amide bonds. The Morgan fingerprint density at radius 2 is 1.76 bits per heavy atom. The lowest BCUT2D eigenvalue weighted by Crippen LogP contribution is -2.44. The minimum atomic E-state index is 0.744. The summed E-state index contributed by atoms with van der Waals surface area (Å²) in [6.07, 6.45) is 7.79. The van der Waals surface area contributed by atoms with Gasteiger partial charge >= 0.3 is 0 Å². The van der Waals surface area contributed by atoms with E-state index in [0.717, 1.165) is 18.5 Å². The van der Waals surface area contributed by atoms with E-state index in [2.05, 4.69) is 42.0 Å². The van der Waals surface area contributed by atoms with Gasteiger partial charge < -0.3 is 10.2 Å². The molecule has 2 heterocycles. The zero-order chi connectivity index (χ0) is 15.1. The van der Waals surface area contributed by atoms with E-state index in [1.165, 1.54) is 70.5 Å². The molecule has 2 rings (SSSR count). The molecule has 2 aliphatic heterocycles. The molecule has 21 heavy (non-hydrogen) atoms. The highest BCUT2D eigenvalue weighted by molar-refractivity contribution is 4.95. The molecule has 0 aliphatic carbocycles. The molecular formula is C18H35N3. The average molecular weight is 293 g/mol. The Morgan fingerprint density at radius 3 is 2.38 bits per heavy atom. The summed E-state index contributed by atoms with van der Waals surface area (Å²) in [7, 11) is 0. The molecule has 3 heteroatoms. The van der Waals surface area contributed by atoms with E-state index in [1.807, 2.05) is 0 Å². The van der Waals surface area contributed by atoms with E-state index < -0.39 is 0 Å². The van der Waals surface area contributed by atoms with E-state index in [4.69, 9.17) is 0 Å². The standard InChI is InChI=1S/C18H35N3/c1-16(2)6-11-20-12-7-18(8-13-20)19-14-17(3)15-21-9-4-5-10-21/h6,17-19H,4-5,7-15H2,1-3H3. The molecule has 2 fully saturated rings. The molecule has 2 saturated heterocycles. The molecule has 0 bridgehead atoms. The maximum Gasteiger partial charge on any atom is 0.0165 e.